The second-order valence-corrected chi connectivity index (χ2v) is 3.14. The molecule has 6 heteroatoms. The number of para-hydroxylation sites is 1. The van der Waals surface area contributed by atoms with Crippen molar-refractivity contribution in [1.29, 1.82) is 5.41 Å². The summed E-state index contributed by atoms with van der Waals surface area (Å²) in [6.07, 6.45) is 0. The average molecular weight is 222 g/mol. The van der Waals surface area contributed by atoms with Crippen molar-refractivity contribution >= 4 is 17.7 Å². The summed E-state index contributed by atoms with van der Waals surface area (Å²) < 4.78 is 5.13. The molecule has 0 fully saturated rings. The maximum Gasteiger partial charge on any atom is 0.318 e. The minimum absolute atomic E-state index is 0.194. The SMILES string of the molecule is COc1cccc(C)c1NC(=N)NC(N)=O. The van der Waals surface area contributed by atoms with Crippen molar-refractivity contribution < 1.29 is 9.53 Å². The van der Waals surface area contributed by atoms with Crippen molar-refractivity contribution in [3.05, 3.63) is 23.8 Å². The van der Waals surface area contributed by atoms with Crippen LogP contribution in [-0.2, 0) is 0 Å². The fourth-order valence-corrected chi connectivity index (χ4v) is 1.25. The van der Waals surface area contributed by atoms with Crippen molar-refractivity contribution in [2.75, 3.05) is 12.4 Å². The van der Waals surface area contributed by atoms with Crippen LogP contribution in [-0.4, -0.2) is 19.1 Å². The van der Waals surface area contributed by atoms with Crippen LogP contribution in [0.1, 0.15) is 5.56 Å². The molecule has 0 atom stereocenters. The molecular formula is C10H14N4O2. The molecule has 6 nitrogen and oxygen atoms in total. The third-order valence-corrected chi connectivity index (χ3v) is 1.95. The third-order valence-electron chi connectivity index (χ3n) is 1.95. The summed E-state index contributed by atoms with van der Waals surface area (Å²) in [6.45, 7) is 1.86. The van der Waals surface area contributed by atoms with Gasteiger partial charge in [0.15, 0.2) is 0 Å². The Morgan fingerprint density at radius 2 is 2.19 bits per heavy atom. The summed E-state index contributed by atoms with van der Waals surface area (Å²) in [5, 5.41) is 12.3. The van der Waals surface area contributed by atoms with Gasteiger partial charge in [0.05, 0.1) is 12.8 Å². The molecule has 0 aliphatic rings. The Hall–Kier alpha value is -2.24. The van der Waals surface area contributed by atoms with Crippen LogP contribution in [0, 0.1) is 12.3 Å². The van der Waals surface area contributed by atoms with E-state index in [1.54, 1.807) is 6.07 Å². The second-order valence-electron chi connectivity index (χ2n) is 3.14. The highest BCUT2D eigenvalue weighted by Gasteiger charge is 2.08. The van der Waals surface area contributed by atoms with Gasteiger partial charge in [-0.15, -0.1) is 0 Å². The molecule has 0 heterocycles. The highest BCUT2D eigenvalue weighted by atomic mass is 16.5. The van der Waals surface area contributed by atoms with E-state index in [1.807, 2.05) is 19.1 Å². The van der Waals surface area contributed by atoms with E-state index in [2.05, 4.69) is 10.6 Å². The number of anilines is 1. The molecule has 86 valence electrons. The molecule has 0 aromatic heterocycles. The summed E-state index contributed by atoms with van der Waals surface area (Å²) in [4.78, 5) is 10.5. The zero-order chi connectivity index (χ0) is 12.1. The first kappa shape index (κ1) is 11.8. The number of carbonyl (C=O) groups excluding carboxylic acids is 1. The molecule has 0 unspecified atom stereocenters. The number of primary amides is 1. The molecular weight excluding hydrogens is 208 g/mol. The standard InChI is InChI=1S/C10H14N4O2/c1-6-4-3-5-7(16-2)8(6)13-9(11)14-10(12)15/h3-5H,1-2H3,(H5,11,12,13,14,15). The molecule has 0 bridgehead atoms. The molecule has 0 saturated heterocycles. The number of urea groups is 1. The topological polar surface area (TPSA) is 100 Å². The second kappa shape index (κ2) is 5.01. The molecule has 1 aromatic rings. The zero-order valence-electron chi connectivity index (χ0n) is 9.13. The van der Waals surface area contributed by atoms with Gasteiger partial charge in [0.1, 0.15) is 5.75 Å². The number of rotatable bonds is 2. The van der Waals surface area contributed by atoms with Gasteiger partial charge in [0.2, 0.25) is 5.96 Å². The lowest BCUT2D eigenvalue weighted by Gasteiger charge is -2.13. The van der Waals surface area contributed by atoms with E-state index in [0.29, 0.717) is 11.4 Å². The minimum Gasteiger partial charge on any atom is -0.495 e. The predicted octanol–water partition coefficient (Wildman–Crippen LogP) is 1.02. The Balaban J connectivity index is 2.87. The lowest BCUT2D eigenvalue weighted by Crippen LogP contribution is -2.38. The van der Waals surface area contributed by atoms with Crippen LogP contribution >= 0.6 is 0 Å². The van der Waals surface area contributed by atoms with Crippen LogP contribution in [0.2, 0.25) is 0 Å². The van der Waals surface area contributed by atoms with Crippen molar-refractivity contribution in [3.8, 4) is 5.75 Å². The first-order chi connectivity index (χ1) is 7.54. The lowest BCUT2D eigenvalue weighted by molar-refractivity contribution is 0.253. The number of aryl methyl sites for hydroxylation is 1. The maximum absolute atomic E-state index is 10.5. The Labute approximate surface area is 93.3 Å². The van der Waals surface area contributed by atoms with E-state index >= 15 is 0 Å². The number of guanidine groups is 1. The maximum atomic E-state index is 10.5. The van der Waals surface area contributed by atoms with Crippen molar-refractivity contribution in [2.24, 2.45) is 5.73 Å². The predicted molar refractivity (Wildman–Crippen MR) is 61.8 cm³/mol. The van der Waals surface area contributed by atoms with Crippen LogP contribution in [0.3, 0.4) is 0 Å². The smallest absolute Gasteiger partial charge is 0.318 e. The van der Waals surface area contributed by atoms with Gasteiger partial charge in [-0.3, -0.25) is 10.7 Å². The van der Waals surface area contributed by atoms with Crippen molar-refractivity contribution in [1.82, 2.24) is 5.32 Å². The van der Waals surface area contributed by atoms with Gasteiger partial charge in [0.25, 0.3) is 0 Å². The monoisotopic (exact) mass is 222 g/mol. The van der Waals surface area contributed by atoms with E-state index in [4.69, 9.17) is 15.9 Å². The van der Waals surface area contributed by atoms with E-state index in [9.17, 15) is 4.79 Å². The average Bonchev–Trinajstić information content (AvgIpc) is 2.20. The van der Waals surface area contributed by atoms with Gasteiger partial charge in [0, 0.05) is 0 Å². The Kier molecular flexibility index (Phi) is 3.71. The zero-order valence-corrected chi connectivity index (χ0v) is 9.13. The summed E-state index contributed by atoms with van der Waals surface area (Å²) in [5.41, 5.74) is 6.42. The molecule has 2 amide bonds. The van der Waals surface area contributed by atoms with Crippen molar-refractivity contribution in [3.63, 3.8) is 0 Å². The van der Waals surface area contributed by atoms with Crippen LogP contribution < -0.4 is 21.1 Å². The Morgan fingerprint density at radius 3 is 2.75 bits per heavy atom. The van der Waals surface area contributed by atoms with Gasteiger partial charge in [-0.25, -0.2) is 4.79 Å². The van der Waals surface area contributed by atoms with Crippen LogP contribution in [0.5, 0.6) is 5.75 Å². The molecule has 0 radical (unpaired) electrons. The summed E-state index contributed by atoms with van der Waals surface area (Å²) >= 11 is 0. The van der Waals surface area contributed by atoms with Gasteiger partial charge < -0.3 is 15.8 Å². The quantitative estimate of drug-likeness (QED) is 0.444. The fourth-order valence-electron chi connectivity index (χ4n) is 1.25. The number of nitrogens with two attached hydrogens (primary N) is 1. The first-order valence-corrected chi connectivity index (χ1v) is 4.60. The largest absolute Gasteiger partial charge is 0.495 e. The summed E-state index contributed by atoms with van der Waals surface area (Å²) in [6, 6.07) is 4.67. The highest BCUT2D eigenvalue weighted by molar-refractivity contribution is 6.02. The number of carbonyl (C=O) groups is 1. The number of benzene rings is 1. The normalized spacial score (nSPS) is 9.38. The van der Waals surface area contributed by atoms with Gasteiger partial charge in [-0.05, 0) is 18.6 Å². The number of amides is 2. The third kappa shape index (κ3) is 2.88. The van der Waals surface area contributed by atoms with E-state index < -0.39 is 6.03 Å². The Bertz CT molecular complexity index is 417. The first-order valence-electron chi connectivity index (χ1n) is 4.60. The van der Waals surface area contributed by atoms with E-state index in [1.165, 1.54) is 7.11 Å². The lowest BCUT2D eigenvalue weighted by atomic mass is 10.2. The Morgan fingerprint density at radius 1 is 1.50 bits per heavy atom. The number of nitrogens with one attached hydrogen (secondary N) is 3. The fraction of sp³-hybridized carbons (Fsp3) is 0.200. The number of methoxy groups -OCH3 is 1. The van der Waals surface area contributed by atoms with Gasteiger partial charge in [-0.2, -0.15) is 0 Å². The van der Waals surface area contributed by atoms with Gasteiger partial charge in [-0.1, -0.05) is 12.1 Å². The van der Waals surface area contributed by atoms with Crippen molar-refractivity contribution in [2.45, 2.75) is 6.92 Å². The van der Waals surface area contributed by atoms with Crippen LogP contribution in [0.4, 0.5) is 10.5 Å². The van der Waals surface area contributed by atoms with E-state index in [0.717, 1.165) is 5.56 Å². The van der Waals surface area contributed by atoms with Gasteiger partial charge >= 0.3 is 6.03 Å². The number of ether oxygens (including phenoxy) is 1. The molecule has 0 aliphatic carbocycles. The molecule has 1 aromatic carbocycles. The van der Waals surface area contributed by atoms with Crippen LogP contribution in [0.15, 0.2) is 18.2 Å². The van der Waals surface area contributed by atoms with Crippen LogP contribution in [0.25, 0.3) is 0 Å². The number of hydrogen-bond acceptors (Lipinski definition) is 3. The minimum atomic E-state index is -0.787. The molecule has 5 N–H and O–H groups in total. The number of hydrogen-bond donors (Lipinski definition) is 4. The molecule has 0 spiro atoms. The molecule has 1 rings (SSSR count). The molecule has 16 heavy (non-hydrogen) atoms. The molecule has 0 saturated carbocycles. The van der Waals surface area contributed by atoms with E-state index in [-0.39, 0.29) is 5.96 Å². The highest BCUT2D eigenvalue weighted by Crippen LogP contribution is 2.27. The summed E-state index contributed by atoms with van der Waals surface area (Å²) in [7, 11) is 1.53. The summed E-state index contributed by atoms with van der Waals surface area (Å²) in [5.74, 6) is 0.399. The molecule has 0 aliphatic heterocycles.